The van der Waals surface area contributed by atoms with Gasteiger partial charge in [-0.1, -0.05) is 18.2 Å². The maximum atomic E-state index is 5.21. The Hall–Kier alpha value is -0.383. The fourth-order valence-corrected chi connectivity index (χ4v) is 0.683. The predicted molar refractivity (Wildman–Crippen MR) is 38.7 cm³/mol. The molecule has 2 heteroatoms. The van der Waals surface area contributed by atoms with Crippen molar-refractivity contribution in [2.75, 3.05) is 6.61 Å². The zero-order valence-corrected chi connectivity index (χ0v) is 6.50. The van der Waals surface area contributed by atoms with Gasteiger partial charge >= 0.3 is 18.9 Å². The molecule has 0 atom stereocenters. The van der Waals surface area contributed by atoms with Gasteiger partial charge in [0, 0.05) is 0 Å². The Labute approximate surface area is 75.1 Å². The maximum Gasteiger partial charge on any atom is 1.00 e. The van der Waals surface area contributed by atoms with Crippen LogP contribution < -0.4 is 23.6 Å². The molecule has 0 amide bonds. The van der Waals surface area contributed by atoms with Gasteiger partial charge in [-0.3, -0.25) is 0 Å². The molecular weight excluding hydrogens is 119 g/mol. The molecule has 0 aliphatic rings. The average molecular weight is 130 g/mol. The minimum atomic E-state index is 0. The van der Waals surface area contributed by atoms with Crippen molar-refractivity contribution in [3.8, 4) is 5.75 Å². The Morgan fingerprint density at radius 1 is 1.30 bits per heavy atom. The van der Waals surface area contributed by atoms with E-state index >= 15 is 0 Å². The van der Waals surface area contributed by atoms with Crippen LogP contribution in [0.5, 0.6) is 5.75 Å². The fraction of sp³-hybridized carbons (Fsp3) is 0.250. The molecule has 0 saturated carbocycles. The molecule has 1 aromatic carbocycles. The summed E-state index contributed by atoms with van der Waals surface area (Å²) in [5.41, 5.74) is 0. The summed E-state index contributed by atoms with van der Waals surface area (Å²) in [7, 11) is 0. The van der Waals surface area contributed by atoms with Gasteiger partial charge in [-0.15, -0.1) is 0 Å². The predicted octanol–water partition coefficient (Wildman–Crippen LogP) is -0.798. The summed E-state index contributed by atoms with van der Waals surface area (Å²) < 4.78 is 5.21. The van der Waals surface area contributed by atoms with Crippen molar-refractivity contribution < 1.29 is 25.0 Å². The van der Waals surface area contributed by atoms with E-state index in [1.165, 1.54) is 0 Å². The normalized spacial score (nSPS) is 8.10. The first-order chi connectivity index (χ1) is 4.43. The molecule has 0 unspecified atom stereocenters. The van der Waals surface area contributed by atoms with E-state index in [0.717, 1.165) is 12.4 Å². The summed E-state index contributed by atoms with van der Waals surface area (Å²) in [5, 5.41) is 0. The smallest absolute Gasteiger partial charge is 1.00 e. The Bertz CT molecular complexity index is 167. The molecule has 0 fully saturated rings. The summed E-state index contributed by atoms with van der Waals surface area (Å²) in [5.74, 6) is 0.944. The second-order valence-electron chi connectivity index (χ2n) is 1.75. The van der Waals surface area contributed by atoms with Crippen molar-refractivity contribution in [3.63, 3.8) is 0 Å². The summed E-state index contributed by atoms with van der Waals surface area (Å²) >= 11 is 0. The third-order valence-corrected chi connectivity index (χ3v) is 1.05. The number of rotatable bonds is 2. The number of ether oxygens (including phenoxy) is 1. The molecule has 0 saturated heterocycles. The molecule has 0 spiro atoms. The molecule has 1 aromatic rings. The summed E-state index contributed by atoms with van der Waals surface area (Å²) in [6, 6.07) is 9.80. The Morgan fingerprint density at radius 3 is 2.40 bits per heavy atom. The van der Waals surface area contributed by atoms with E-state index in [-0.39, 0.29) is 20.3 Å². The van der Waals surface area contributed by atoms with E-state index in [2.05, 4.69) is 0 Å². The molecule has 0 heterocycles. The van der Waals surface area contributed by atoms with Crippen molar-refractivity contribution in [3.05, 3.63) is 30.3 Å². The van der Waals surface area contributed by atoms with Crippen LogP contribution in [0.4, 0.5) is 0 Å². The second kappa shape index (κ2) is 5.41. The molecule has 1 rings (SSSR count). The van der Waals surface area contributed by atoms with Crippen LogP contribution in [0.2, 0.25) is 0 Å². The van der Waals surface area contributed by atoms with Gasteiger partial charge in [0.1, 0.15) is 5.75 Å². The molecule has 10 heavy (non-hydrogen) atoms. The van der Waals surface area contributed by atoms with Gasteiger partial charge in [0.15, 0.2) is 0 Å². The zero-order valence-electron chi connectivity index (χ0n) is 7.50. The van der Waals surface area contributed by atoms with E-state index in [9.17, 15) is 0 Å². The molecule has 0 radical (unpaired) electrons. The van der Waals surface area contributed by atoms with Gasteiger partial charge < -0.3 is 6.16 Å². The van der Waals surface area contributed by atoms with Crippen LogP contribution in [0, 0.1) is 0 Å². The van der Waals surface area contributed by atoms with Crippen molar-refractivity contribution in [2.24, 2.45) is 0 Å². The van der Waals surface area contributed by atoms with Crippen LogP contribution in [-0.4, -0.2) is 6.61 Å². The van der Waals surface area contributed by atoms with Gasteiger partial charge in [0.25, 0.3) is 0 Å². The van der Waals surface area contributed by atoms with Crippen LogP contribution in [0.15, 0.2) is 30.3 Å². The Morgan fingerprint density at radius 2 is 1.90 bits per heavy atom. The van der Waals surface area contributed by atoms with Gasteiger partial charge in [0.2, 0.25) is 0 Å². The molecule has 0 bridgehead atoms. The number of hydrogen-bond donors (Lipinski definition) is 0. The average Bonchev–Trinajstić information content (AvgIpc) is 1.91. The topological polar surface area (TPSA) is 9.23 Å². The van der Waals surface area contributed by atoms with Crippen LogP contribution in [0.25, 0.3) is 0 Å². The molecule has 0 N–H and O–H groups in total. The van der Waals surface area contributed by atoms with Crippen LogP contribution in [0.1, 0.15) is 8.35 Å². The molecule has 50 valence electrons. The number of para-hydroxylation sites is 1. The molecule has 0 aliphatic heterocycles. The van der Waals surface area contributed by atoms with Crippen molar-refractivity contribution >= 4 is 0 Å². The first-order valence-electron chi connectivity index (χ1n) is 3.11. The monoisotopic (exact) mass is 130 g/mol. The van der Waals surface area contributed by atoms with Crippen molar-refractivity contribution in [1.29, 1.82) is 0 Å². The quantitative estimate of drug-likeness (QED) is 0.476. The van der Waals surface area contributed by atoms with Gasteiger partial charge in [-0.25, -0.2) is 0 Å². The van der Waals surface area contributed by atoms with E-state index < -0.39 is 0 Å². The molecule has 0 aliphatic carbocycles. The summed E-state index contributed by atoms with van der Waals surface area (Å²) in [6.07, 6.45) is 0. The Kier molecular flexibility index (Phi) is 5.20. The van der Waals surface area contributed by atoms with Crippen molar-refractivity contribution in [1.82, 2.24) is 0 Å². The fourth-order valence-electron chi connectivity index (χ4n) is 0.683. The minimum Gasteiger partial charge on any atom is -1.00 e. The van der Waals surface area contributed by atoms with E-state index in [0.29, 0.717) is 0 Å². The van der Waals surface area contributed by atoms with Crippen LogP contribution in [0.3, 0.4) is 0 Å². The van der Waals surface area contributed by atoms with Crippen LogP contribution in [-0.2, 0) is 0 Å². The number of hydrogen-bond acceptors (Lipinski definition) is 1. The van der Waals surface area contributed by atoms with Crippen molar-refractivity contribution in [2.45, 2.75) is 6.92 Å². The SMILES string of the molecule is CCOc1ccccc1.[H-].[Li+]. The van der Waals surface area contributed by atoms with Gasteiger partial charge in [0.05, 0.1) is 6.61 Å². The third-order valence-electron chi connectivity index (χ3n) is 1.05. The number of benzene rings is 1. The van der Waals surface area contributed by atoms with Crippen LogP contribution >= 0.6 is 0 Å². The molecule has 0 aromatic heterocycles. The first-order valence-corrected chi connectivity index (χ1v) is 3.11. The standard InChI is InChI=1S/C8H10O.Li.H/c1-2-9-8-6-4-3-5-7-8;;/h3-7H,2H2,1H3;;/q;+1;-1. The minimum absolute atomic E-state index is 0. The molecular formula is C8H11LiO. The zero-order chi connectivity index (χ0) is 6.53. The van der Waals surface area contributed by atoms with Gasteiger partial charge in [-0.05, 0) is 19.1 Å². The largest absolute Gasteiger partial charge is 1.00 e. The van der Waals surface area contributed by atoms with E-state index in [4.69, 9.17) is 4.74 Å². The Balaban J connectivity index is 0. The summed E-state index contributed by atoms with van der Waals surface area (Å²) in [6.45, 7) is 2.72. The van der Waals surface area contributed by atoms with Gasteiger partial charge in [-0.2, -0.15) is 0 Å². The third kappa shape index (κ3) is 2.96. The summed E-state index contributed by atoms with van der Waals surface area (Å²) in [4.78, 5) is 0. The van der Waals surface area contributed by atoms with E-state index in [1.807, 2.05) is 37.3 Å². The first kappa shape index (κ1) is 9.62. The second-order valence-corrected chi connectivity index (χ2v) is 1.75. The maximum absolute atomic E-state index is 5.21. The van der Waals surface area contributed by atoms with E-state index in [1.54, 1.807) is 0 Å². The molecule has 1 nitrogen and oxygen atoms in total.